The van der Waals surface area contributed by atoms with Crippen LogP contribution in [-0.4, -0.2) is 15.3 Å². The minimum Gasteiger partial charge on any atom is -0.309 e. The first kappa shape index (κ1) is 10.7. The van der Waals surface area contributed by atoms with Crippen molar-refractivity contribution in [1.29, 1.82) is 0 Å². The van der Waals surface area contributed by atoms with E-state index in [0.717, 1.165) is 18.7 Å². The largest absolute Gasteiger partial charge is 0.309 e. The van der Waals surface area contributed by atoms with Crippen LogP contribution in [0.15, 0.2) is 23.7 Å². The van der Waals surface area contributed by atoms with Gasteiger partial charge in [0.2, 0.25) is 0 Å². The summed E-state index contributed by atoms with van der Waals surface area (Å²) in [5.74, 6) is 0. The Morgan fingerprint density at radius 2 is 2.47 bits per heavy atom. The van der Waals surface area contributed by atoms with Gasteiger partial charge >= 0.3 is 0 Å². The number of likely N-dealkylation sites (N-methyl/N-ethyl adjacent to an activating group) is 1. The zero-order chi connectivity index (χ0) is 10.5. The van der Waals surface area contributed by atoms with E-state index >= 15 is 0 Å². The third kappa shape index (κ3) is 2.84. The molecular formula is C10H13N3S2. The van der Waals surface area contributed by atoms with Gasteiger partial charge in [0, 0.05) is 11.3 Å². The first-order valence-corrected chi connectivity index (χ1v) is 6.54. The Labute approximate surface area is 97.5 Å². The van der Waals surface area contributed by atoms with Crippen LogP contribution in [0.1, 0.15) is 23.5 Å². The Balaban J connectivity index is 2.07. The number of thiophene rings is 1. The fraction of sp³-hybridized carbons (Fsp3) is 0.400. The summed E-state index contributed by atoms with van der Waals surface area (Å²) in [5, 5.41) is 5.54. The lowest BCUT2D eigenvalue weighted by atomic mass is 10.1. The van der Waals surface area contributed by atoms with Gasteiger partial charge in [0.05, 0.1) is 29.7 Å². The SMILES string of the molecule is CCNC(Cc1cccs1)c1cnsn1. The molecule has 0 aliphatic rings. The molecule has 0 bridgehead atoms. The molecule has 80 valence electrons. The van der Waals surface area contributed by atoms with Crippen molar-refractivity contribution in [1.82, 2.24) is 14.1 Å². The van der Waals surface area contributed by atoms with Crippen molar-refractivity contribution in [3.05, 3.63) is 34.3 Å². The van der Waals surface area contributed by atoms with Gasteiger partial charge in [-0.3, -0.25) is 0 Å². The highest BCUT2D eigenvalue weighted by atomic mass is 32.1. The summed E-state index contributed by atoms with van der Waals surface area (Å²) in [4.78, 5) is 1.38. The van der Waals surface area contributed by atoms with Crippen molar-refractivity contribution in [2.45, 2.75) is 19.4 Å². The molecule has 1 atom stereocenters. The molecule has 0 aromatic carbocycles. The molecular weight excluding hydrogens is 226 g/mol. The molecule has 2 aromatic heterocycles. The van der Waals surface area contributed by atoms with E-state index in [2.05, 4.69) is 38.5 Å². The van der Waals surface area contributed by atoms with Crippen molar-refractivity contribution in [2.75, 3.05) is 6.54 Å². The van der Waals surface area contributed by atoms with Gasteiger partial charge in [0.15, 0.2) is 0 Å². The molecule has 0 amide bonds. The second-order valence-electron chi connectivity index (χ2n) is 3.23. The molecule has 0 spiro atoms. The smallest absolute Gasteiger partial charge is 0.0915 e. The second-order valence-corrected chi connectivity index (χ2v) is 4.81. The van der Waals surface area contributed by atoms with Crippen molar-refractivity contribution < 1.29 is 0 Å². The Morgan fingerprint density at radius 1 is 1.53 bits per heavy atom. The first-order chi connectivity index (χ1) is 7.40. The van der Waals surface area contributed by atoms with E-state index in [0.29, 0.717) is 6.04 Å². The maximum absolute atomic E-state index is 4.29. The van der Waals surface area contributed by atoms with E-state index in [-0.39, 0.29) is 0 Å². The van der Waals surface area contributed by atoms with E-state index in [4.69, 9.17) is 0 Å². The lowest BCUT2D eigenvalue weighted by Crippen LogP contribution is -2.22. The molecule has 2 heterocycles. The number of aromatic nitrogens is 2. The number of rotatable bonds is 5. The summed E-state index contributed by atoms with van der Waals surface area (Å²) < 4.78 is 8.34. The van der Waals surface area contributed by atoms with Crippen molar-refractivity contribution in [3.8, 4) is 0 Å². The van der Waals surface area contributed by atoms with Crippen LogP contribution < -0.4 is 5.32 Å². The normalized spacial score (nSPS) is 12.9. The van der Waals surface area contributed by atoms with Crippen LogP contribution in [0, 0.1) is 0 Å². The van der Waals surface area contributed by atoms with E-state index in [9.17, 15) is 0 Å². The summed E-state index contributed by atoms with van der Waals surface area (Å²) in [6.45, 7) is 3.06. The quantitative estimate of drug-likeness (QED) is 0.871. The van der Waals surface area contributed by atoms with E-state index in [1.54, 1.807) is 11.3 Å². The lowest BCUT2D eigenvalue weighted by Gasteiger charge is -2.13. The predicted octanol–water partition coefficient (Wildman–Crippen LogP) is 2.49. The predicted molar refractivity (Wildman–Crippen MR) is 64.3 cm³/mol. The molecule has 2 aromatic rings. The summed E-state index contributed by atoms with van der Waals surface area (Å²) in [7, 11) is 0. The molecule has 0 radical (unpaired) electrons. The number of nitrogens with zero attached hydrogens (tertiary/aromatic N) is 2. The van der Waals surface area contributed by atoms with Gasteiger partial charge in [0.1, 0.15) is 0 Å². The van der Waals surface area contributed by atoms with Gasteiger partial charge < -0.3 is 5.32 Å². The Morgan fingerprint density at radius 3 is 3.07 bits per heavy atom. The Bertz CT molecular complexity index is 369. The summed E-state index contributed by atoms with van der Waals surface area (Å²) >= 11 is 3.06. The van der Waals surface area contributed by atoms with Crippen molar-refractivity contribution >= 4 is 23.1 Å². The van der Waals surface area contributed by atoms with Crippen LogP contribution in [0.25, 0.3) is 0 Å². The van der Waals surface area contributed by atoms with Crippen LogP contribution in [0.2, 0.25) is 0 Å². The maximum atomic E-state index is 4.29. The Kier molecular flexibility index (Phi) is 3.82. The van der Waals surface area contributed by atoms with Gasteiger partial charge in [-0.15, -0.1) is 11.3 Å². The minimum absolute atomic E-state index is 0.299. The van der Waals surface area contributed by atoms with E-state index in [1.165, 1.54) is 16.6 Å². The van der Waals surface area contributed by atoms with Crippen molar-refractivity contribution in [2.24, 2.45) is 0 Å². The zero-order valence-corrected chi connectivity index (χ0v) is 10.1. The summed E-state index contributed by atoms with van der Waals surface area (Å²) in [5.41, 5.74) is 1.05. The third-order valence-corrected chi connectivity index (χ3v) is 3.56. The van der Waals surface area contributed by atoms with E-state index in [1.807, 2.05) is 6.20 Å². The molecule has 0 aliphatic heterocycles. The number of nitrogens with one attached hydrogen (secondary N) is 1. The molecule has 0 fully saturated rings. The van der Waals surface area contributed by atoms with Crippen LogP contribution in [0.4, 0.5) is 0 Å². The van der Waals surface area contributed by atoms with Crippen LogP contribution in [0.3, 0.4) is 0 Å². The van der Waals surface area contributed by atoms with Gasteiger partial charge in [-0.05, 0) is 18.0 Å². The molecule has 0 saturated heterocycles. The molecule has 0 aliphatic carbocycles. The highest BCUT2D eigenvalue weighted by Crippen LogP contribution is 2.19. The fourth-order valence-electron chi connectivity index (χ4n) is 1.48. The molecule has 2 rings (SSSR count). The summed E-state index contributed by atoms with van der Waals surface area (Å²) in [6, 6.07) is 4.55. The minimum atomic E-state index is 0.299. The number of hydrogen-bond acceptors (Lipinski definition) is 5. The Hall–Kier alpha value is -0.780. The fourth-order valence-corrected chi connectivity index (χ4v) is 2.71. The lowest BCUT2D eigenvalue weighted by molar-refractivity contribution is 0.543. The monoisotopic (exact) mass is 239 g/mol. The molecule has 15 heavy (non-hydrogen) atoms. The second kappa shape index (κ2) is 5.34. The van der Waals surface area contributed by atoms with Crippen LogP contribution in [0.5, 0.6) is 0 Å². The molecule has 0 saturated carbocycles. The topological polar surface area (TPSA) is 37.8 Å². The highest BCUT2D eigenvalue weighted by Gasteiger charge is 2.13. The summed E-state index contributed by atoms with van der Waals surface area (Å²) in [6.07, 6.45) is 2.85. The molecule has 3 nitrogen and oxygen atoms in total. The average Bonchev–Trinajstić information content (AvgIpc) is 2.89. The zero-order valence-electron chi connectivity index (χ0n) is 8.51. The van der Waals surface area contributed by atoms with Crippen LogP contribution >= 0.6 is 23.1 Å². The van der Waals surface area contributed by atoms with Gasteiger partial charge in [-0.25, -0.2) is 0 Å². The third-order valence-electron chi connectivity index (χ3n) is 2.17. The highest BCUT2D eigenvalue weighted by molar-refractivity contribution is 7.09. The molecule has 5 heteroatoms. The maximum Gasteiger partial charge on any atom is 0.0915 e. The van der Waals surface area contributed by atoms with Crippen LogP contribution in [-0.2, 0) is 6.42 Å². The standard InChI is InChI=1S/C10H13N3S2/c1-2-11-9(10-7-12-15-13-10)6-8-4-3-5-14-8/h3-5,7,9,11H,2,6H2,1H3. The average molecular weight is 239 g/mol. The van der Waals surface area contributed by atoms with Gasteiger partial charge in [0.25, 0.3) is 0 Å². The van der Waals surface area contributed by atoms with Crippen molar-refractivity contribution in [3.63, 3.8) is 0 Å². The first-order valence-electron chi connectivity index (χ1n) is 4.93. The van der Waals surface area contributed by atoms with Gasteiger partial charge in [-0.2, -0.15) is 8.75 Å². The van der Waals surface area contributed by atoms with E-state index < -0.39 is 0 Å². The number of hydrogen-bond donors (Lipinski definition) is 1. The van der Waals surface area contributed by atoms with Gasteiger partial charge in [-0.1, -0.05) is 13.0 Å². The molecule has 1 N–H and O–H groups in total. The molecule has 1 unspecified atom stereocenters.